The topological polar surface area (TPSA) is 38.1 Å². The minimum Gasteiger partial charge on any atom is -0.248 e. The Bertz CT molecular complexity index is 479. The van der Waals surface area contributed by atoms with E-state index in [4.69, 9.17) is 23.2 Å². The standard InChI is InChI=1S/C8H5Cl2N3/c9-7-2-1-6-5(3-11-7)8(10)13-4-12-6/h1,3-4H,2H2. The average Bonchev–Trinajstić information content (AvgIpc) is 2.30. The van der Waals surface area contributed by atoms with Crippen LogP contribution in [0.25, 0.3) is 12.3 Å². The molecule has 0 radical (unpaired) electrons. The fourth-order valence-corrected chi connectivity index (χ4v) is 1.35. The molecule has 0 fully saturated rings. The highest BCUT2D eigenvalue weighted by Crippen LogP contribution is 1.98. The van der Waals surface area contributed by atoms with Crippen LogP contribution in [0, 0.1) is 0 Å². The monoisotopic (exact) mass is 213 g/mol. The van der Waals surface area contributed by atoms with E-state index >= 15 is 0 Å². The second-order valence-electron chi connectivity index (χ2n) is 2.51. The van der Waals surface area contributed by atoms with Crippen LogP contribution in [-0.2, 0) is 0 Å². The lowest BCUT2D eigenvalue weighted by atomic mass is 10.3. The van der Waals surface area contributed by atoms with Gasteiger partial charge in [-0.25, -0.2) is 15.0 Å². The molecule has 0 saturated heterocycles. The van der Waals surface area contributed by atoms with Crippen molar-refractivity contribution in [1.29, 1.82) is 0 Å². The number of hydrogen-bond acceptors (Lipinski definition) is 3. The predicted molar refractivity (Wildman–Crippen MR) is 53.1 cm³/mol. The Morgan fingerprint density at radius 2 is 2.08 bits per heavy atom. The molecule has 0 saturated carbocycles. The summed E-state index contributed by atoms with van der Waals surface area (Å²) in [6.45, 7) is 0. The normalized spacial score (nSPS) is 14.8. The van der Waals surface area contributed by atoms with E-state index in [0.717, 1.165) is 10.6 Å². The Balaban J connectivity index is 2.79. The van der Waals surface area contributed by atoms with Crippen molar-refractivity contribution < 1.29 is 0 Å². The van der Waals surface area contributed by atoms with Crippen molar-refractivity contribution in [3.63, 3.8) is 0 Å². The first-order valence-electron chi connectivity index (χ1n) is 3.66. The van der Waals surface area contributed by atoms with E-state index in [1.54, 1.807) is 6.20 Å². The number of halogens is 2. The van der Waals surface area contributed by atoms with E-state index in [1.165, 1.54) is 6.33 Å². The Hall–Kier alpha value is -0.930. The smallest absolute Gasteiger partial charge is 0.141 e. The Labute approximate surface area is 84.4 Å². The summed E-state index contributed by atoms with van der Waals surface area (Å²) in [5.41, 5.74) is 0. The van der Waals surface area contributed by atoms with Crippen LogP contribution in [-0.4, -0.2) is 15.1 Å². The van der Waals surface area contributed by atoms with Crippen LogP contribution in [0.4, 0.5) is 0 Å². The molecule has 1 aromatic rings. The largest absolute Gasteiger partial charge is 0.248 e. The lowest BCUT2D eigenvalue weighted by Gasteiger charge is -1.89. The molecule has 0 atom stereocenters. The quantitative estimate of drug-likeness (QED) is 0.596. The van der Waals surface area contributed by atoms with Gasteiger partial charge in [-0.1, -0.05) is 29.3 Å². The van der Waals surface area contributed by atoms with Crippen LogP contribution in [0.5, 0.6) is 0 Å². The number of rotatable bonds is 0. The van der Waals surface area contributed by atoms with Gasteiger partial charge in [-0.05, 0) is 0 Å². The zero-order valence-corrected chi connectivity index (χ0v) is 8.05. The van der Waals surface area contributed by atoms with E-state index in [-0.39, 0.29) is 0 Å². The Morgan fingerprint density at radius 1 is 1.23 bits per heavy atom. The van der Waals surface area contributed by atoms with Gasteiger partial charge in [-0.15, -0.1) is 0 Å². The summed E-state index contributed by atoms with van der Waals surface area (Å²) < 4.78 is 0. The molecule has 0 aliphatic carbocycles. The van der Waals surface area contributed by atoms with E-state index in [1.807, 2.05) is 6.08 Å². The average molecular weight is 214 g/mol. The molecule has 2 heterocycles. The van der Waals surface area contributed by atoms with E-state index < -0.39 is 0 Å². The third kappa shape index (κ3) is 1.71. The first kappa shape index (κ1) is 8.66. The number of aliphatic imine (C=N–C) groups is 1. The maximum Gasteiger partial charge on any atom is 0.141 e. The molecule has 0 N–H and O–H groups in total. The summed E-state index contributed by atoms with van der Waals surface area (Å²) in [7, 11) is 0. The molecule has 5 heteroatoms. The highest BCUT2D eigenvalue weighted by atomic mass is 35.5. The summed E-state index contributed by atoms with van der Waals surface area (Å²) in [4.78, 5) is 11.9. The number of fused-ring (bicyclic) bond motifs is 1. The molecule has 13 heavy (non-hydrogen) atoms. The predicted octanol–water partition coefficient (Wildman–Crippen LogP) is 0.690. The summed E-state index contributed by atoms with van der Waals surface area (Å²) in [5.74, 6) is 0. The fourth-order valence-electron chi connectivity index (χ4n) is 1.04. The van der Waals surface area contributed by atoms with Gasteiger partial charge in [0.05, 0.1) is 10.6 Å². The maximum absolute atomic E-state index is 5.85. The molecule has 66 valence electrons. The minimum absolute atomic E-state index is 0.399. The fraction of sp³-hybridized carbons (Fsp3) is 0.125. The van der Waals surface area contributed by atoms with Crippen molar-refractivity contribution in [2.75, 3.05) is 0 Å². The van der Waals surface area contributed by atoms with Gasteiger partial charge in [0, 0.05) is 12.6 Å². The molecule has 0 spiro atoms. The van der Waals surface area contributed by atoms with Crippen LogP contribution in [0.3, 0.4) is 0 Å². The summed E-state index contributed by atoms with van der Waals surface area (Å²) in [6.07, 6.45) is 5.46. The van der Waals surface area contributed by atoms with Gasteiger partial charge >= 0.3 is 0 Å². The molecule has 1 aromatic heterocycles. The highest BCUT2D eigenvalue weighted by Gasteiger charge is 1.99. The first-order chi connectivity index (χ1) is 6.27. The number of hydrogen-bond donors (Lipinski definition) is 0. The van der Waals surface area contributed by atoms with Gasteiger partial charge in [0.25, 0.3) is 0 Å². The van der Waals surface area contributed by atoms with Crippen molar-refractivity contribution >= 4 is 40.6 Å². The van der Waals surface area contributed by atoms with Gasteiger partial charge in [-0.2, -0.15) is 0 Å². The van der Waals surface area contributed by atoms with E-state index in [2.05, 4.69) is 15.0 Å². The van der Waals surface area contributed by atoms with Crippen LogP contribution >= 0.6 is 23.2 Å². The van der Waals surface area contributed by atoms with E-state index in [9.17, 15) is 0 Å². The molecule has 0 bridgehead atoms. The van der Waals surface area contributed by atoms with Gasteiger partial charge < -0.3 is 0 Å². The van der Waals surface area contributed by atoms with Crippen molar-refractivity contribution in [3.8, 4) is 0 Å². The molecular weight excluding hydrogens is 209 g/mol. The molecule has 0 aromatic carbocycles. The second-order valence-corrected chi connectivity index (χ2v) is 3.30. The SMILES string of the molecule is ClC1=NC=c2c(Cl)ncnc2=CC1. The zero-order valence-electron chi connectivity index (χ0n) is 6.54. The molecule has 0 amide bonds. The number of aromatic nitrogens is 2. The molecular formula is C8H5Cl2N3. The second kappa shape index (κ2) is 3.44. The molecule has 2 rings (SSSR count). The van der Waals surface area contributed by atoms with E-state index in [0.29, 0.717) is 16.7 Å². The van der Waals surface area contributed by atoms with Crippen LogP contribution in [0.1, 0.15) is 6.42 Å². The zero-order chi connectivity index (χ0) is 9.26. The third-order valence-corrected chi connectivity index (χ3v) is 2.22. The minimum atomic E-state index is 0.399. The highest BCUT2D eigenvalue weighted by molar-refractivity contribution is 6.66. The lowest BCUT2D eigenvalue weighted by Crippen LogP contribution is -2.29. The Morgan fingerprint density at radius 3 is 2.92 bits per heavy atom. The summed E-state index contributed by atoms with van der Waals surface area (Å²) in [6, 6.07) is 0. The van der Waals surface area contributed by atoms with Crippen LogP contribution < -0.4 is 10.6 Å². The molecule has 3 nitrogen and oxygen atoms in total. The summed E-state index contributed by atoms with van der Waals surface area (Å²) >= 11 is 11.6. The van der Waals surface area contributed by atoms with Gasteiger partial charge in [0.15, 0.2) is 0 Å². The van der Waals surface area contributed by atoms with Crippen molar-refractivity contribution in [2.45, 2.75) is 6.42 Å². The summed E-state index contributed by atoms with van der Waals surface area (Å²) in [5, 5.41) is 2.42. The van der Waals surface area contributed by atoms with Crippen molar-refractivity contribution in [3.05, 3.63) is 22.0 Å². The van der Waals surface area contributed by atoms with Crippen LogP contribution in [0.2, 0.25) is 5.15 Å². The first-order valence-corrected chi connectivity index (χ1v) is 4.42. The van der Waals surface area contributed by atoms with Gasteiger partial charge in [0.2, 0.25) is 0 Å². The van der Waals surface area contributed by atoms with Crippen molar-refractivity contribution in [1.82, 2.24) is 9.97 Å². The van der Waals surface area contributed by atoms with Gasteiger partial charge in [-0.3, -0.25) is 0 Å². The number of nitrogens with zero attached hydrogens (tertiary/aromatic N) is 3. The lowest BCUT2D eigenvalue weighted by molar-refractivity contribution is 1.10. The van der Waals surface area contributed by atoms with Crippen molar-refractivity contribution in [2.24, 2.45) is 4.99 Å². The van der Waals surface area contributed by atoms with Gasteiger partial charge in [0.1, 0.15) is 16.7 Å². The third-order valence-electron chi connectivity index (χ3n) is 1.66. The molecule has 1 aliphatic heterocycles. The maximum atomic E-state index is 5.85. The van der Waals surface area contributed by atoms with Crippen LogP contribution in [0.15, 0.2) is 11.3 Å². The Kier molecular flexibility index (Phi) is 2.29. The molecule has 1 aliphatic rings. The molecule has 0 unspecified atom stereocenters.